The Kier molecular flexibility index (Phi) is 9.68. The lowest BCUT2D eigenvalue weighted by Crippen LogP contribution is -2.44. The molecule has 2 atom stereocenters. The maximum Gasteiger partial charge on any atom is 0.405 e. The molecule has 0 rings (SSSR count). The molecule has 0 spiro atoms. The quantitative estimate of drug-likeness (QED) is 0.678. The van der Waals surface area contributed by atoms with Gasteiger partial charge in [-0.25, -0.2) is 0 Å². The fourth-order valence-corrected chi connectivity index (χ4v) is 1.27. The predicted octanol–water partition coefficient (Wildman–Crippen LogP) is 0.0733. The summed E-state index contributed by atoms with van der Waals surface area (Å²) in [6, 6.07) is -1.12. The number of amides is 1. The van der Waals surface area contributed by atoms with Gasteiger partial charge in [0.1, 0.15) is 6.54 Å². The zero-order valence-electron chi connectivity index (χ0n) is 8.66. The first-order valence-corrected chi connectivity index (χ1v) is 5.62. The van der Waals surface area contributed by atoms with Crippen LogP contribution >= 0.6 is 12.4 Å². The zero-order valence-corrected chi connectivity index (χ0v) is 10.3. The summed E-state index contributed by atoms with van der Waals surface area (Å²) in [7, 11) is 0. The molecule has 5 nitrogen and oxygen atoms in total. The normalized spacial score (nSPS) is 14.6. The lowest BCUT2D eigenvalue weighted by molar-refractivity contribution is -0.139. The Labute approximate surface area is 105 Å². The number of hydrogen-bond donors (Lipinski definition) is 2. The van der Waals surface area contributed by atoms with Crippen molar-refractivity contribution in [3.8, 4) is 0 Å². The standard InChI is InChI=1S/C7H13F3N2O3S.ClH/c8-7(9,10)4-12-6(13)5(11)2-1-3-16(14)15;/h5H,1-4,11H2,(H,12,13)(H,14,15);1H/p-1/t5-;/m1./s1. The second-order valence-corrected chi connectivity index (χ2v) is 4.11. The van der Waals surface area contributed by atoms with Crippen LogP contribution in [-0.4, -0.2) is 39.2 Å². The van der Waals surface area contributed by atoms with Crippen molar-refractivity contribution >= 4 is 29.4 Å². The molecule has 0 aliphatic carbocycles. The maximum absolute atomic E-state index is 11.7. The van der Waals surface area contributed by atoms with Crippen molar-refractivity contribution in [3.05, 3.63) is 0 Å². The van der Waals surface area contributed by atoms with E-state index in [-0.39, 0.29) is 31.0 Å². The van der Waals surface area contributed by atoms with Gasteiger partial charge in [0.05, 0.1) is 6.04 Å². The third-order valence-electron chi connectivity index (χ3n) is 1.63. The van der Waals surface area contributed by atoms with E-state index < -0.39 is 35.8 Å². The second-order valence-electron chi connectivity index (χ2n) is 3.09. The number of alkyl halides is 3. The summed E-state index contributed by atoms with van der Waals surface area (Å²) in [5.74, 6) is -1.10. The number of carbonyl (C=O) groups excluding carboxylic acids is 1. The van der Waals surface area contributed by atoms with Gasteiger partial charge in [-0.3, -0.25) is 9.00 Å². The predicted molar refractivity (Wildman–Crippen MR) is 57.3 cm³/mol. The first-order chi connectivity index (χ1) is 7.22. The number of carbonyl (C=O) groups is 1. The molecule has 0 aromatic carbocycles. The van der Waals surface area contributed by atoms with E-state index in [2.05, 4.69) is 0 Å². The highest BCUT2D eigenvalue weighted by atomic mass is 35.5. The summed E-state index contributed by atoms with van der Waals surface area (Å²) in [5.41, 5.74) is 5.25. The fourth-order valence-electron chi connectivity index (χ4n) is 0.871. The Bertz CT molecular complexity index is 265. The first-order valence-electron chi connectivity index (χ1n) is 4.38. The van der Waals surface area contributed by atoms with E-state index in [9.17, 15) is 26.7 Å². The van der Waals surface area contributed by atoms with Crippen molar-refractivity contribution in [1.82, 2.24) is 5.32 Å². The van der Waals surface area contributed by atoms with Gasteiger partial charge >= 0.3 is 6.18 Å². The zero-order chi connectivity index (χ0) is 12.8. The van der Waals surface area contributed by atoms with E-state index in [0.29, 0.717) is 0 Å². The van der Waals surface area contributed by atoms with Crippen molar-refractivity contribution in [3.63, 3.8) is 0 Å². The van der Waals surface area contributed by atoms with Crippen LogP contribution in [0.25, 0.3) is 0 Å². The molecule has 0 radical (unpaired) electrons. The molecular formula is C7H13ClF3N2O3S-. The Balaban J connectivity index is 0. The summed E-state index contributed by atoms with van der Waals surface area (Å²) in [6.45, 7) is -1.44. The molecule has 17 heavy (non-hydrogen) atoms. The number of hydrogen-bond acceptors (Lipinski definition) is 4. The summed E-state index contributed by atoms with van der Waals surface area (Å²) < 4.78 is 55.3. The minimum absolute atomic E-state index is 0. The first kappa shape index (κ1) is 19.0. The van der Waals surface area contributed by atoms with Crippen LogP contribution in [0.15, 0.2) is 0 Å². The third kappa shape index (κ3) is 11.9. The van der Waals surface area contributed by atoms with Crippen LogP contribution in [0.2, 0.25) is 0 Å². The number of rotatable bonds is 6. The van der Waals surface area contributed by atoms with Crippen LogP contribution in [0.3, 0.4) is 0 Å². The molecule has 0 fully saturated rings. The molecule has 1 amide bonds. The molecule has 0 aliphatic heterocycles. The van der Waals surface area contributed by atoms with Crippen molar-refractivity contribution < 1.29 is 26.7 Å². The Morgan fingerprint density at radius 3 is 2.41 bits per heavy atom. The fraction of sp³-hybridized carbons (Fsp3) is 0.857. The molecule has 104 valence electrons. The number of nitrogens with one attached hydrogen (secondary N) is 1. The average molecular weight is 298 g/mol. The Morgan fingerprint density at radius 2 is 2.00 bits per heavy atom. The molecule has 0 saturated carbocycles. The molecule has 0 aromatic heterocycles. The highest BCUT2D eigenvalue weighted by Crippen LogP contribution is 2.12. The van der Waals surface area contributed by atoms with E-state index >= 15 is 0 Å². The van der Waals surface area contributed by atoms with Gasteiger partial charge in [0.15, 0.2) is 0 Å². The van der Waals surface area contributed by atoms with Gasteiger partial charge in [-0.15, -0.1) is 12.4 Å². The summed E-state index contributed by atoms with van der Waals surface area (Å²) in [4.78, 5) is 11.0. The SMILES string of the molecule is Cl.N[C@H](CCCS(=O)[O-])C(=O)NCC(F)(F)F. The van der Waals surface area contributed by atoms with E-state index in [4.69, 9.17) is 5.73 Å². The van der Waals surface area contributed by atoms with Gasteiger partial charge in [-0.05, 0) is 12.8 Å². The van der Waals surface area contributed by atoms with E-state index in [0.717, 1.165) is 0 Å². The van der Waals surface area contributed by atoms with Crippen LogP contribution in [-0.2, 0) is 15.9 Å². The average Bonchev–Trinajstić information content (AvgIpc) is 2.12. The monoisotopic (exact) mass is 297 g/mol. The van der Waals surface area contributed by atoms with Gasteiger partial charge in [0.2, 0.25) is 5.91 Å². The molecule has 0 saturated heterocycles. The van der Waals surface area contributed by atoms with Crippen LogP contribution in [0.4, 0.5) is 13.2 Å². The number of nitrogens with two attached hydrogens (primary N) is 1. The van der Waals surface area contributed by atoms with Gasteiger partial charge in [0, 0.05) is 5.75 Å². The van der Waals surface area contributed by atoms with E-state index in [1.54, 1.807) is 5.32 Å². The summed E-state index contributed by atoms with van der Waals surface area (Å²) in [6.07, 6.45) is -4.32. The summed E-state index contributed by atoms with van der Waals surface area (Å²) in [5, 5.41) is 1.62. The van der Waals surface area contributed by atoms with Crippen molar-refractivity contribution in [1.29, 1.82) is 0 Å². The molecule has 0 aliphatic rings. The van der Waals surface area contributed by atoms with Gasteiger partial charge < -0.3 is 15.6 Å². The molecule has 3 N–H and O–H groups in total. The largest absolute Gasteiger partial charge is 0.772 e. The molecule has 0 heterocycles. The molecular weight excluding hydrogens is 285 g/mol. The Hall–Kier alpha value is -0.380. The van der Waals surface area contributed by atoms with Gasteiger partial charge in [-0.2, -0.15) is 13.2 Å². The topological polar surface area (TPSA) is 95.2 Å². The second kappa shape index (κ2) is 8.67. The lowest BCUT2D eigenvalue weighted by Gasteiger charge is -2.13. The van der Waals surface area contributed by atoms with Crippen LogP contribution in [0.5, 0.6) is 0 Å². The molecule has 10 heteroatoms. The Morgan fingerprint density at radius 1 is 1.47 bits per heavy atom. The van der Waals surface area contributed by atoms with E-state index in [1.807, 2.05) is 0 Å². The van der Waals surface area contributed by atoms with Crippen molar-refractivity contribution in [2.24, 2.45) is 5.73 Å². The van der Waals surface area contributed by atoms with Gasteiger partial charge in [-0.1, -0.05) is 11.1 Å². The molecule has 0 bridgehead atoms. The smallest absolute Gasteiger partial charge is 0.405 e. The summed E-state index contributed by atoms with van der Waals surface area (Å²) >= 11 is -2.23. The lowest BCUT2D eigenvalue weighted by atomic mass is 10.2. The van der Waals surface area contributed by atoms with Crippen molar-refractivity contribution in [2.75, 3.05) is 12.3 Å². The third-order valence-corrected chi connectivity index (χ3v) is 2.25. The van der Waals surface area contributed by atoms with Crippen LogP contribution in [0, 0.1) is 0 Å². The van der Waals surface area contributed by atoms with Crippen molar-refractivity contribution in [2.45, 2.75) is 25.1 Å². The minimum Gasteiger partial charge on any atom is -0.772 e. The number of halogens is 4. The minimum atomic E-state index is -4.48. The van der Waals surface area contributed by atoms with E-state index in [1.165, 1.54) is 0 Å². The molecule has 1 unspecified atom stereocenters. The highest BCUT2D eigenvalue weighted by Gasteiger charge is 2.28. The maximum atomic E-state index is 11.7. The molecule has 0 aromatic rings. The van der Waals surface area contributed by atoms with Crippen LogP contribution in [0.1, 0.15) is 12.8 Å². The van der Waals surface area contributed by atoms with Crippen LogP contribution < -0.4 is 11.1 Å². The van der Waals surface area contributed by atoms with Gasteiger partial charge in [0.25, 0.3) is 0 Å². The highest BCUT2D eigenvalue weighted by molar-refractivity contribution is 7.79.